The predicted octanol–water partition coefficient (Wildman–Crippen LogP) is 3.85. The van der Waals surface area contributed by atoms with Crippen LogP contribution in [0.15, 0.2) is 46.9 Å². The van der Waals surface area contributed by atoms with E-state index in [4.69, 9.17) is 4.74 Å². The highest BCUT2D eigenvalue weighted by atomic mass is 79.9. The van der Waals surface area contributed by atoms with E-state index >= 15 is 0 Å². The third-order valence-electron chi connectivity index (χ3n) is 4.73. The zero-order chi connectivity index (χ0) is 18.5. The Hall–Kier alpha value is -2.05. The molecule has 2 aromatic carbocycles. The average molecular weight is 418 g/mol. The minimum absolute atomic E-state index is 0.167. The van der Waals surface area contributed by atoms with E-state index in [0.717, 1.165) is 42.9 Å². The number of halogens is 1. The lowest BCUT2D eigenvalue weighted by Gasteiger charge is -2.35. The summed E-state index contributed by atoms with van der Waals surface area (Å²) in [6.07, 6.45) is 0. The van der Waals surface area contributed by atoms with E-state index in [9.17, 15) is 4.79 Å². The summed E-state index contributed by atoms with van der Waals surface area (Å²) in [6, 6.07) is 13.4. The van der Waals surface area contributed by atoms with Gasteiger partial charge in [0.2, 0.25) is 0 Å². The van der Waals surface area contributed by atoms with E-state index in [0.29, 0.717) is 11.3 Å². The van der Waals surface area contributed by atoms with Crippen LogP contribution in [0.25, 0.3) is 0 Å². The van der Waals surface area contributed by atoms with Gasteiger partial charge in [-0.15, -0.1) is 0 Å². The fraction of sp³-hybridized carbons (Fsp3) is 0.350. The molecule has 2 aromatic rings. The molecule has 0 radical (unpaired) electrons. The number of piperazine rings is 1. The summed E-state index contributed by atoms with van der Waals surface area (Å²) in [5.41, 5.74) is 2.52. The van der Waals surface area contributed by atoms with Gasteiger partial charge < -0.3 is 19.9 Å². The number of anilines is 2. The first-order chi connectivity index (χ1) is 12.6. The molecule has 138 valence electrons. The van der Waals surface area contributed by atoms with E-state index in [1.54, 1.807) is 13.2 Å². The highest BCUT2D eigenvalue weighted by Crippen LogP contribution is 2.24. The lowest BCUT2D eigenvalue weighted by atomic mass is 10.2. The summed E-state index contributed by atoms with van der Waals surface area (Å²) < 4.78 is 5.94. The van der Waals surface area contributed by atoms with Crippen molar-refractivity contribution in [1.82, 2.24) is 4.90 Å². The number of hydrogen-bond acceptors (Lipinski definition) is 4. The first kappa shape index (κ1) is 18.7. The SMILES string of the molecule is CCN1CCN(c2ccc(NC(=O)c3cc(OC)ccc3Br)cc2)CC1. The van der Waals surface area contributed by atoms with Gasteiger partial charge in [-0.2, -0.15) is 0 Å². The number of carbonyl (C=O) groups is 1. The van der Waals surface area contributed by atoms with Crippen molar-refractivity contribution in [2.75, 3.05) is 50.1 Å². The molecule has 0 aliphatic carbocycles. The molecule has 3 rings (SSSR count). The highest BCUT2D eigenvalue weighted by Gasteiger charge is 2.16. The predicted molar refractivity (Wildman–Crippen MR) is 109 cm³/mol. The number of benzene rings is 2. The second kappa shape index (κ2) is 8.56. The Morgan fingerprint density at radius 3 is 2.42 bits per heavy atom. The quantitative estimate of drug-likeness (QED) is 0.801. The van der Waals surface area contributed by atoms with Crippen LogP contribution in [0.3, 0.4) is 0 Å². The standard InChI is InChI=1S/C20H24BrN3O2/c1-3-23-10-12-24(13-11-23)16-6-4-15(5-7-16)22-20(25)18-14-17(26-2)8-9-19(18)21/h4-9,14H,3,10-13H2,1-2H3,(H,22,25). The summed E-state index contributed by atoms with van der Waals surface area (Å²) in [5.74, 6) is 0.486. The van der Waals surface area contributed by atoms with Crippen LogP contribution in [0, 0.1) is 0 Å². The Labute approximate surface area is 163 Å². The lowest BCUT2D eigenvalue weighted by Crippen LogP contribution is -2.46. The van der Waals surface area contributed by atoms with Gasteiger partial charge in [0.15, 0.2) is 0 Å². The molecule has 0 unspecified atom stereocenters. The first-order valence-corrected chi connectivity index (χ1v) is 9.62. The van der Waals surface area contributed by atoms with Crippen molar-refractivity contribution in [2.24, 2.45) is 0 Å². The minimum atomic E-state index is -0.167. The molecule has 1 heterocycles. The smallest absolute Gasteiger partial charge is 0.256 e. The molecule has 5 nitrogen and oxygen atoms in total. The van der Waals surface area contributed by atoms with Crippen molar-refractivity contribution in [3.05, 3.63) is 52.5 Å². The fourth-order valence-electron chi connectivity index (χ4n) is 3.08. The minimum Gasteiger partial charge on any atom is -0.497 e. The molecule has 26 heavy (non-hydrogen) atoms. The van der Waals surface area contributed by atoms with Gasteiger partial charge in [0.05, 0.1) is 12.7 Å². The Morgan fingerprint density at radius 1 is 1.12 bits per heavy atom. The summed E-state index contributed by atoms with van der Waals surface area (Å²) in [4.78, 5) is 17.4. The molecule has 1 amide bonds. The van der Waals surface area contributed by atoms with E-state index in [2.05, 4.69) is 50.1 Å². The number of likely N-dealkylation sites (N-methyl/N-ethyl adjacent to an activating group) is 1. The van der Waals surface area contributed by atoms with Crippen molar-refractivity contribution in [3.63, 3.8) is 0 Å². The lowest BCUT2D eigenvalue weighted by molar-refractivity contribution is 0.102. The molecular formula is C20H24BrN3O2. The van der Waals surface area contributed by atoms with E-state index in [1.807, 2.05) is 24.3 Å². The first-order valence-electron chi connectivity index (χ1n) is 8.83. The number of nitrogens with one attached hydrogen (secondary N) is 1. The van der Waals surface area contributed by atoms with Gasteiger partial charge in [-0.3, -0.25) is 4.79 Å². The summed E-state index contributed by atoms with van der Waals surface area (Å²) in [6.45, 7) is 7.58. The van der Waals surface area contributed by atoms with Gasteiger partial charge in [0, 0.05) is 42.0 Å². The fourth-order valence-corrected chi connectivity index (χ4v) is 3.51. The maximum absolute atomic E-state index is 12.5. The third kappa shape index (κ3) is 4.37. The van der Waals surface area contributed by atoms with Crippen LogP contribution in [0.1, 0.15) is 17.3 Å². The van der Waals surface area contributed by atoms with E-state index < -0.39 is 0 Å². The summed E-state index contributed by atoms with van der Waals surface area (Å²) in [7, 11) is 1.59. The van der Waals surface area contributed by atoms with E-state index in [-0.39, 0.29) is 5.91 Å². The van der Waals surface area contributed by atoms with Gasteiger partial charge in [0.1, 0.15) is 5.75 Å². The van der Waals surface area contributed by atoms with Crippen molar-refractivity contribution in [2.45, 2.75) is 6.92 Å². The van der Waals surface area contributed by atoms with Crippen molar-refractivity contribution in [3.8, 4) is 5.75 Å². The molecule has 0 atom stereocenters. The summed E-state index contributed by atoms with van der Waals surface area (Å²) >= 11 is 3.42. The second-order valence-corrected chi connectivity index (χ2v) is 7.12. The number of hydrogen-bond donors (Lipinski definition) is 1. The molecule has 6 heteroatoms. The van der Waals surface area contributed by atoms with Crippen LogP contribution in [0.2, 0.25) is 0 Å². The van der Waals surface area contributed by atoms with Crippen LogP contribution in [-0.4, -0.2) is 50.6 Å². The molecule has 0 aromatic heterocycles. The molecule has 0 bridgehead atoms. The Morgan fingerprint density at radius 2 is 1.81 bits per heavy atom. The number of methoxy groups -OCH3 is 1. The Balaban J connectivity index is 1.65. The Kier molecular flexibility index (Phi) is 6.16. The maximum atomic E-state index is 12.5. The number of ether oxygens (including phenoxy) is 1. The van der Waals surface area contributed by atoms with Crippen molar-refractivity contribution < 1.29 is 9.53 Å². The number of rotatable bonds is 5. The van der Waals surface area contributed by atoms with Gasteiger partial charge in [-0.05, 0) is 64.9 Å². The number of nitrogens with zero attached hydrogens (tertiary/aromatic N) is 2. The number of amides is 1. The molecule has 1 fully saturated rings. The second-order valence-electron chi connectivity index (χ2n) is 6.27. The molecule has 1 N–H and O–H groups in total. The van der Waals surface area contributed by atoms with Gasteiger partial charge in [-0.1, -0.05) is 6.92 Å². The largest absolute Gasteiger partial charge is 0.497 e. The molecule has 1 saturated heterocycles. The van der Waals surface area contributed by atoms with Gasteiger partial charge >= 0.3 is 0 Å². The van der Waals surface area contributed by atoms with Crippen molar-refractivity contribution in [1.29, 1.82) is 0 Å². The van der Waals surface area contributed by atoms with Gasteiger partial charge in [0.25, 0.3) is 5.91 Å². The van der Waals surface area contributed by atoms with Crippen LogP contribution in [-0.2, 0) is 0 Å². The van der Waals surface area contributed by atoms with E-state index in [1.165, 1.54) is 5.69 Å². The molecule has 1 aliphatic rings. The van der Waals surface area contributed by atoms with Crippen LogP contribution < -0.4 is 15.0 Å². The third-order valence-corrected chi connectivity index (χ3v) is 5.42. The highest BCUT2D eigenvalue weighted by molar-refractivity contribution is 9.10. The normalized spacial score (nSPS) is 15.0. The van der Waals surface area contributed by atoms with Gasteiger partial charge in [-0.25, -0.2) is 0 Å². The number of carbonyl (C=O) groups excluding carboxylic acids is 1. The topological polar surface area (TPSA) is 44.8 Å². The summed E-state index contributed by atoms with van der Waals surface area (Å²) in [5, 5.41) is 2.95. The average Bonchev–Trinajstić information content (AvgIpc) is 2.69. The Bertz CT molecular complexity index is 756. The van der Waals surface area contributed by atoms with Crippen LogP contribution in [0.4, 0.5) is 11.4 Å². The van der Waals surface area contributed by atoms with Crippen LogP contribution in [0.5, 0.6) is 5.75 Å². The molecule has 1 aliphatic heterocycles. The zero-order valence-electron chi connectivity index (χ0n) is 15.2. The van der Waals surface area contributed by atoms with Crippen molar-refractivity contribution >= 4 is 33.2 Å². The molecule has 0 saturated carbocycles. The zero-order valence-corrected chi connectivity index (χ0v) is 16.8. The maximum Gasteiger partial charge on any atom is 0.256 e. The van der Waals surface area contributed by atoms with Crippen LogP contribution >= 0.6 is 15.9 Å². The molecule has 0 spiro atoms. The monoisotopic (exact) mass is 417 g/mol. The molecular weight excluding hydrogens is 394 g/mol.